The predicted octanol–water partition coefficient (Wildman–Crippen LogP) is 3.08. The van der Waals surface area contributed by atoms with Gasteiger partial charge >= 0.3 is 0 Å². The van der Waals surface area contributed by atoms with E-state index in [0.29, 0.717) is 22.6 Å². The largest absolute Gasteiger partial charge is 0.497 e. The van der Waals surface area contributed by atoms with Crippen molar-refractivity contribution in [3.8, 4) is 5.75 Å². The van der Waals surface area contributed by atoms with Crippen LogP contribution >= 0.6 is 0 Å². The highest BCUT2D eigenvalue weighted by Gasteiger charge is 2.41. The molecule has 9 heteroatoms. The number of rotatable bonds is 9. The molecule has 1 fully saturated rings. The maximum absolute atomic E-state index is 13.6. The van der Waals surface area contributed by atoms with Gasteiger partial charge in [0.15, 0.2) is 0 Å². The number of hydrogen-bond donors (Lipinski definition) is 1. The van der Waals surface area contributed by atoms with E-state index in [2.05, 4.69) is 15.6 Å². The zero-order chi connectivity index (χ0) is 23.5. The molecule has 9 nitrogen and oxygen atoms in total. The lowest BCUT2D eigenvalue weighted by Crippen LogP contribution is -2.46. The molecule has 0 spiro atoms. The van der Waals surface area contributed by atoms with Crippen LogP contribution in [0.1, 0.15) is 30.2 Å². The number of fused-ring (bicyclic) bond motifs is 1. The number of aromatic nitrogens is 3. The van der Waals surface area contributed by atoms with E-state index < -0.39 is 6.04 Å². The van der Waals surface area contributed by atoms with E-state index in [1.807, 2.05) is 42.5 Å². The Morgan fingerprint density at radius 1 is 1.18 bits per heavy atom. The van der Waals surface area contributed by atoms with E-state index in [9.17, 15) is 9.59 Å². The van der Waals surface area contributed by atoms with Gasteiger partial charge in [-0.05, 0) is 54.8 Å². The monoisotopic (exact) mass is 459 g/mol. The van der Waals surface area contributed by atoms with Crippen molar-refractivity contribution >= 4 is 22.8 Å². The predicted molar refractivity (Wildman–Crippen MR) is 124 cm³/mol. The summed E-state index contributed by atoms with van der Waals surface area (Å²) in [5.74, 6) is 0.774. The lowest BCUT2D eigenvalue weighted by atomic mass is 10.0. The van der Waals surface area contributed by atoms with Crippen LogP contribution < -0.4 is 10.1 Å². The Balaban J connectivity index is 1.46. The zero-order valence-electron chi connectivity index (χ0n) is 18.8. The van der Waals surface area contributed by atoms with Gasteiger partial charge in [0.1, 0.15) is 29.6 Å². The number of nitrogens with one attached hydrogen (secondary N) is 1. The van der Waals surface area contributed by atoms with Crippen molar-refractivity contribution in [3.05, 3.63) is 78.3 Å². The third-order valence-electron chi connectivity index (χ3n) is 5.89. The fourth-order valence-corrected chi connectivity index (χ4v) is 4.09. The molecule has 1 saturated carbocycles. The fourth-order valence-electron chi connectivity index (χ4n) is 4.09. The third kappa shape index (κ3) is 4.50. The first-order chi connectivity index (χ1) is 16.6. The van der Waals surface area contributed by atoms with E-state index in [4.69, 9.17) is 9.15 Å². The molecule has 0 saturated heterocycles. The van der Waals surface area contributed by atoms with Crippen LogP contribution in [0.2, 0.25) is 0 Å². The molecular weight excluding hydrogens is 434 g/mol. The number of ether oxygens (including phenoxy) is 1. The molecule has 34 heavy (non-hydrogen) atoms. The molecule has 2 aromatic carbocycles. The number of para-hydroxylation sites is 1. The summed E-state index contributed by atoms with van der Waals surface area (Å²) in [6.45, 7) is 0.218. The first-order valence-electron chi connectivity index (χ1n) is 11.2. The van der Waals surface area contributed by atoms with Crippen LogP contribution in [0, 0.1) is 0 Å². The smallest absolute Gasteiger partial charge is 0.247 e. The number of nitrogens with zero attached hydrogens (tertiary/aromatic N) is 4. The highest BCUT2D eigenvalue weighted by molar-refractivity contribution is 5.89. The number of benzene rings is 2. The molecule has 1 aliphatic rings. The molecule has 2 amide bonds. The van der Waals surface area contributed by atoms with Gasteiger partial charge in [0.05, 0.1) is 25.4 Å². The van der Waals surface area contributed by atoms with Crippen LogP contribution in [0.15, 0.2) is 71.3 Å². The molecule has 1 atom stereocenters. The molecule has 4 aromatic rings. The van der Waals surface area contributed by atoms with Crippen LogP contribution in [-0.2, 0) is 22.7 Å². The van der Waals surface area contributed by atoms with Gasteiger partial charge in [-0.3, -0.25) is 9.59 Å². The second-order valence-electron chi connectivity index (χ2n) is 8.24. The molecule has 1 N–H and O–H groups in total. The standard InChI is InChI=1S/C25H25N5O4/c1-33-19-7-4-6-17(14-19)24(25(32)26-15-20-8-5-13-34-20)30(18-11-12-18)23(31)16-29-22-10-3-2-9-21(22)27-28-29/h2-10,13-14,18,24H,11-12,15-16H2,1H3,(H,26,32). The van der Waals surface area contributed by atoms with E-state index in [-0.39, 0.29) is 30.9 Å². The van der Waals surface area contributed by atoms with Gasteiger partial charge in [0, 0.05) is 6.04 Å². The molecule has 2 heterocycles. The maximum Gasteiger partial charge on any atom is 0.247 e. The lowest BCUT2D eigenvalue weighted by Gasteiger charge is -2.31. The molecule has 0 bridgehead atoms. The molecule has 2 aromatic heterocycles. The molecule has 1 aliphatic carbocycles. The SMILES string of the molecule is COc1cccc(C(C(=O)NCc2ccco2)N(C(=O)Cn2nnc3ccccc32)C2CC2)c1. The third-order valence-corrected chi connectivity index (χ3v) is 5.89. The summed E-state index contributed by atoms with van der Waals surface area (Å²) in [7, 11) is 1.57. The summed E-state index contributed by atoms with van der Waals surface area (Å²) in [6.07, 6.45) is 3.25. The average Bonchev–Trinajstić information content (AvgIpc) is 3.40. The number of furan rings is 1. The Labute approximate surface area is 196 Å². The lowest BCUT2D eigenvalue weighted by molar-refractivity contribution is -0.142. The minimum Gasteiger partial charge on any atom is -0.497 e. The average molecular weight is 460 g/mol. The van der Waals surface area contributed by atoms with Gasteiger partial charge in [0.2, 0.25) is 11.8 Å². The number of hydrogen-bond acceptors (Lipinski definition) is 6. The van der Waals surface area contributed by atoms with Crippen LogP contribution in [0.3, 0.4) is 0 Å². The number of carbonyl (C=O) groups excluding carboxylic acids is 2. The van der Waals surface area contributed by atoms with E-state index >= 15 is 0 Å². The van der Waals surface area contributed by atoms with Crippen LogP contribution in [-0.4, -0.2) is 44.9 Å². The van der Waals surface area contributed by atoms with Crippen LogP contribution in [0.4, 0.5) is 0 Å². The van der Waals surface area contributed by atoms with Gasteiger partial charge in [0.25, 0.3) is 0 Å². The van der Waals surface area contributed by atoms with Crippen molar-refractivity contribution in [2.75, 3.05) is 7.11 Å². The molecule has 0 radical (unpaired) electrons. The van der Waals surface area contributed by atoms with Gasteiger partial charge in [-0.2, -0.15) is 0 Å². The van der Waals surface area contributed by atoms with Crippen molar-refractivity contribution in [3.63, 3.8) is 0 Å². The summed E-state index contributed by atoms with van der Waals surface area (Å²) in [4.78, 5) is 28.8. The minimum atomic E-state index is -0.820. The van der Waals surface area contributed by atoms with Gasteiger partial charge in [-0.25, -0.2) is 4.68 Å². The molecule has 5 rings (SSSR count). The minimum absolute atomic E-state index is 0.0110. The van der Waals surface area contributed by atoms with Crippen molar-refractivity contribution in [2.45, 2.75) is 38.0 Å². The Morgan fingerprint density at radius 2 is 2.03 bits per heavy atom. The topological polar surface area (TPSA) is 102 Å². The number of methoxy groups -OCH3 is 1. The van der Waals surface area contributed by atoms with Crippen molar-refractivity contribution in [1.29, 1.82) is 0 Å². The molecular formula is C25H25N5O4. The molecule has 174 valence electrons. The van der Waals surface area contributed by atoms with Crippen LogP contribution in [0.5, 0.6) is 5.75 Å². The summed E-state index contributed by atoms with van der Waals surface area (Å²) in [5, 5.41) is 11.2. The summed E-state index contributed by atoms with van der Waals surface area (Å²) >= 11 is 0. The van der Waals surface area contributed by atoms with Crippen LogP contribution in [0.25, 0.3) is 11.0 Å². The van der Waals surface area contributed by atoms with Gasteiger partial charge in [-0.15, -0.1) is 5.10 Å². The highest BCUT2D eigenvalue weighted by atomic mass is 16.5. The second kappa shape index (κ2) is 9.38. The Kier molecular flexibility index (Phi) is 5.99. The highest BCUT2D eigenvalue weighted by Crippen LogP contribution is 2.36. The number of amides is 2. The normalized spacial score (nSPS) is 14.0. The summed E-state index contributed by atoms with van der Waals surface area (Å²) < 4.78 is 12.3. The molecule has 1 unspecified atom stereocenters. The van der Waals surface area contributed by atoms with Gasteiger partial charge < -0.3 is 19.4 Å². The summed E-state index contributed by atoms with van der Waals surface area (Å²) in [5.41, 5.74) is 2.17. The van der Waals surface area contributed by atoms with Crippen molar-refractivity contribution in [2.24, 2.45) is 0 Å². The van der Waals surface area contributed by atoms with E-state index in [0.717, 1.165) is 18.4 Å². The Bertz CT molecular complexity index is 1300. The van der Waals surface area contributed by atoms with Crippen molar-refractivity contribution < 1.29 is 18.7 Å². The second-order valence-corrected chi connectivity index (χ2v) is 8.24. The van der Waals surface area contributed by atoms with Crippen molar-refractivity contribution in [1.82, 2.24) is 25.2 Å². The van der Waals surface area contributed by atoms with Gasteiger partial charge in [-0.1, -0.05) is 29.5 Å². The Hall–Kier alpha value is -4.14. The molecule has 0 aliphatic heterocycles. The first-order valence-corrected chi connectivity index (χ1v) is 11.2. The first kappa shape index (κ1) is 21.7. The van der Waals surface area contributed by atoms with E-state index in [1.54, 1.807) is 41.2 Å². The summed E-state index contributed by atoms with van der Waals surface area (Å²) in [6, 6.07) is 17.5. The quantitative estimate of drug-likeness (QED) is 0.413. The zero-order valence-corrected chi connectivity index (χ0v) is 18.8. The maximum atomic E-state index is 13.6. The van der Waals surface area contributed by atoms with E-state index in [1.165, 1.54) is 0 Å². The fraction of sp³-hybridized carbons (Fsp3) is 0.280. The Morgan fingerprint density at radius 3 is 2.79 bits per heavy atom. The number of carbonyl (C=O) groups is 2.